The van der Waals surface area contributed by atoms with Crippen molar-refractivity contribution >= 4 is 5.91 Å². The minimum Gasteiger partial charge on any atom is -0.396 e. The largest absolute Gasteiger partial charge is 0.396 e. The molecule has 0 aliphatic carbocycles. The molecule has 3 nitrogen and oxygen atoms in total. The number of hydrogen-bond donors (Lipinski definition) is 2. The second-order valence-corrected chi connectivity index (χ2v) is 4.68. The lowest BCUT2D eigenvalue weighted by Crippen LogP contribution is -2.39. The van der Waals surface area contributed by atoms with E-state index in [9.17, 15) is 18.7 Å². The Bertz CT molecular complexity index is 437. The van der Waals surface area contributed by atoms with Gasteiger partial charge < -0.3 is 10.4 Å². The zero-order chi connectivity index (χ0) is 14.5. The van der Waals surface area contributed by atoms with Crippen LogP contribution in [0.15, 0.2) is 18.2 Å². The van der Waals surface area contributed by atoms with Gasteiger partial charge in [0.2, 0.25) is 0 Å². The molecule has 0 aromatic heterocycles. The van der Waals surface area contributed by atoms with E-state index in [4.69, 9.17) is 0 Å². The number of hydrogen-bond acceptors (Lipinski definition) is 2. The predicted molar refractivity (Wildman–Crippen MR) is 68.8 cm³/mol. The third-order valence-corrected chi connectivity index (χ3v) is 3.64. The third kappa shape index (κ3) is 3.73. The van der Waals surface area contributed by atoms with Gasteiger partial charge in [0.15, 0.2) is 11.6 Å². The van der Waals surface area contributed by atoms with E-state index in [0.29, 0.717) is 6.54 Å². The average Bonchev–Trinajstić information content (AvgIpc) is 2.43. The molecule has 19 heavy (non-hydrogen) atoms. The second-order valence-electron chi connectivity index (χ2n) is 4.68. The molecule has 0 heterocycles. The maximum absolute atomic E-state index is 13.0. The van der Waals surface area contributed by atoms with Crippen molar-refractivity contribution in [1.29, 1.82) is 0 Å². The molecular formula is C14H19F2NO2. The zero-order valence-electron chi connectivity index (χ0n) is 11.2. The molecular weight excluding hydrogens is 252 g/mol. The molecule has 2 N–H and O–H groups in total. The summed E-state index contributed by atoms with van der Waals surface area (Å²) in [5.74, 6) is -2.51. The molecule has 1 aromatic rings. The van der Waals surface area contributed by atoms with Crippen molar-refractivity contribution in [3.63, 3.8) is 0 Å². The van der Waals surface area contributed by atoms with Crippen molar-refractivity contribution in [2.45, 2.75) is 26.7 Å². The van der Waals surface area contributed by atoms with Crippen LogP contribution in [0, 0.1) is 17.0 Å². The summed E-state index contributed by atoms with van der Waals surface area (Å²) in [7, 11) is 0. The molecule has 0 saturated carbocycles. The molecule has 106 valence electrons. The Balaban J connectivity index is 2.72. The van der Waals surface area contributed by atoms with E-state index in [1.807, 2.05) is 13.8 Å². The zero-order valence-corrected chi connectivity index (χ0v) is 11.2. The Labute approximate surface area is 111 Å². The van der Waals surface area contributed by atoms with Crippen LogP contribution >= 0.6 is 0 Å². The fourth-order valence-corrected chi connectivity index (χ4v) is 1.79. The first kappa shape index (κ1) is 15.6. The Kier molecular flexibility index (Phi) is 5.42. The molecule has 0 aliphatic heterocycles. The fourth-order valence-electron chi connectivity index (χ4n) is 1.79. The first-order valence-corrected chi connectivity index (χ1v) is 6.32. The Morgan fingerprint density at radius 1 is 1.26 bits per heavy atom. The monoisotopic (exact) mass is 271 g/mol. The Morgan fingerprint density at radius 2 is 1.89 bits per heavy atom. The van der Waals surface area contributed by atoms with Gasteiger partial charge in [0.05, 0.1) is 6.61 Å². The van der Waals surface area contributed by atoms with Gasteiger partial charge in [-0.25, -0.2) is 8.78 Å². The normalized spacial score (nSPS) is 11.4. The van der Waals surface area contributed by atoms with E-state index < -0.39 is 17.5 Å². The maximum Gasteiger partial charge on any atom is 0.251 e. The van der Waals surface area contributed by atoms with Crippen molar-refractivity contribution in [3.05, 3.63) is 35.4 Å². The highest BCUT2D eigenvalue weighted by atomic mass is 19.2. The number of nitrogens with one attached hydrogen (secondary N) is 1. The molecule has 0 bridgehead atoms. The van der Waals surface area contributed by atoms with E-state index >= 15 is 0 Å². The number of amides is 1. The number of carbonyl (C=O) groups excluding carboxylic acids is 1. The lowest BCUT2D eigenvalue weighted by Gasteiger charge is -2.29. The smallest absolute Gasteiger partial charge is 0.251 e. The van der Waals surface area contributed by atoms with Crippen LogP contribution in [0.4, 0.5) is 8.78 Å². The van der Waals surface area contributed by atoms with Crippen molar-refractivity contribution in [3.8, 4) is 0 Å². The van der Waals surface area contributed by atoms with E-state index in [0.717, 1.165) is 25.0 Å². The molecule has 0 fully saturated rings. The van der Waals surface area contributed by atoms with Gasteiger partial charge in [-0.3, -0.25) is 4.79 Å². The highest BCUT2D eigenvalue weighted by Gasteiger charge is 2.26. The standard InChI is InChI=1S/C14H19F2NO2/c1-3-14(4-2,9-18)8-17-13(19)10-5-6-11(15)12(16)7-10/h5-7,18H,3-4,8-9H2,1-2H3,(H,17,19). The van der Waals surface area contributed by atoms with Gasteiger partial charge in [-0.05, 0) is 31.0 Å². The summed E-state index contributed by atoms with van der Waals surface area (Å²) in [6, 6.07) is 3.01. The van der Waals surface area contributed by atoms with Gasteiger partial charge in [-0.1, -0.05) is 13.8 Å². The fraction of sp³-hybridized carbons (Fsp3) is 0.500. The summed E-state index contributed by atoms with van der Waals surface area (Å²) in [4.78, 5) is 11.8. The van der Waals surface area contributed by atoms with Crippen LogP contribution in [-0.2, 0) is 0 Å². The molecule has 5 heteroatoms. The molecule has 0 aliphatic rings. The molecule has 0 saturated heterocycles. The number of aliphatic hydroxyl groups is 1. The van der Waals surface area contributed by atoms with Crippen molar-refractivity contribution in [2.75, 3.05) is 13.2 Å². The number of carbonyl (C=O) groups is 1. The van der Waals surface area contributed by atoms with Crippen molar-refractivity contribution < 1.29 is 18.7 Å². The topological polar surface area (TPSA) is 49.3 Å². The molecule has 1 rings (SSSR count). The quantitative estimate of drug-likeness (QED) is 0.835. The Morgan fingerprint density at radius 3 is 2.37 bits per heavy atom. The van der Waals surface area contributed by atoms with Crippen LogP contribution < -0.4 is 5.32 Å². The van der Waals surface area contributed by atoms with E-state index in [-0.39, 0.29) is 17.6 Å². The highest BCUT2D eigenvalue weighted by Crippen LogP contribution is 2.24. The lowest BCUT2D eigenvalue weighted by molar-refractivity contribution is 0.0850. The van der Waals surface area contributed by atoms with Crippen molar-refractivity contribution in [1.82, 2.24) is 5.32 Å². The third-order valence-electron chi connectivity index (χ3n) is 3.64. The summed E-state index contributed by atoms with van der Waals surface area (Å²) >= 11 is 0. The van der Waals surface area contributed by atoms with Crippen molar-refractivity contribution in [2.24, 2.45) is 5.41 Å². The summed E-state index contributed by atoms with van der Waals surface area (Å²) < 4.78 is 25.8. The Hall–Kier alpha value is -1.49. The number of aliphatic hydroxyl groups excluding tert-OH is 1. The van der Waals surface area contributed by atoms with E-state index in [1.165, 1.54) is 6.07 Å². The van der Waals surface area contributed by atoms with E-state index in [2.05, 4.69) is 5.32 Å². The number of halogens is 2. The summed E-state index contributed by atoms with van der Waals surface area (Å²) in [6.45, 7) is 4.14. The number of rotatable bonds is 6. The summed E-state index contributed by atoms with van der Waals surface area (Å²) in [6.07, 6.45) is 1.44. The van der Waals surface area contributed by atoms with Gasteiger partial charge in [0, 0.05) is 17.5 Å². The maximum atomic E-state index is 13.0. The van der Waals surface area contributed by atoms with Crippen LogP contribution in [0.25, 0.3) is 0 Å². The summed E-state index contributed by atoms with van der Waals surface area (Å²) in [5.41, 5.74) is -0.299. The van der Waals surface area contributed by atoms with Crippen LogP contribution in [0.1, 0.15) is 37.0 Å². The minimum absolute atomic E-state index is 0.0297. The summed E-state index contributed by atoms with van der Waals surface area (Å²) in [5, 5.41) is 12.0. The van der Waals surface area contributed by atoms with E-state index in [1.54, 1.807) is 0 Å². The molecule has 1 amide bonds. The van der Waals surface area contributed by atoms with Gasteiger partial charge >= 0.3 is 0 Å². The average molecular weight is 271 g/mol. The minimum atomic E-state index is -1.05. The molecule has 0 spiro atoms. The van der Waals surface area contributed by atoms with Crippen LogP contribution in [0.2, 0.25) is 0 Å². The highest BCUT2D eigenvalue weighted by molar-refractivity contribution is 5.94. The molecule has 0 atom stereocenters. The van der Waals surface area contributed by atoms with Crippen LogP contribution in [0.5, 0.6) is 0 Å². The van der Waals surface area contributed by atoms with Crippen LogP contribution in [-0.4, -0.2) is 24.2 Å². The van der Waals surface area contributed by atoms with Crippen LogP contribution in [0.3, 0.4) is 0 Å². The van der Waals surface area contributed by atoms with Gasteiger partial charge in [0.1, 0.15) is 0 Å². The first-order valence-electron chi connectivity index (χ1n) is 6.32. The number of benzene rings is 1. The van der Waals surface area contributed by atoms with Gasteiger partial charge in [-0.15, -0.1) is 0 Å². The SMILES string of the molecule is CCC(CC)(CO)CNC(=O)c1ccc(F)c(F)c1. The van der Waals surface area contributed by atoms with Gasteiger partial charge in [-0.2, -0.15) is 0 Å². The first-order chi connectivity index (χ1) is 8.98. The second kappa shape index (κ2) is 6.61. The molecule has 0 unspecified atom stereocenters. The lowest BCUT2D eigenvalue weighted by atomic mass is 9.83. The molecule has 0 radical (unpaired) electrons. The predicted octanol–water partition coefficient (Wildman–Crippen LogP) is 2.49. The molecule has 1 aromatic carbocycles. The van der Waals surface area contributed by atoms with Gasteiger partial charge in [0.25, 0.3) is 5.91 Å².